The highest BCUT2D eigenvalue weighted by Gasteiger charge is 2.37. The molecule has 1 aromatic carbocycles. The molecular weight excluding hydrogens is 248 g/mol. The summed E-state index contributed by atoms with van der Waals surface area (Å²) in [6.07, 6.45) is 1.88. The number of aryl methyl sites for hydroxylation is 2. The van der Waals surface area contributed by atoms with Crippen molar-refractivity contribution in [3.8, 4) is 0 Å². The van der Waals surface area contributed by atoms with Gasteiger partial charge in [-0.25, -0.2) is 0 Å². The van der Waals surface area contributed by atoms with Crippen LogP contribution in [0.15, 0.2) is 18.2 Å². The Morgan fingerprint density at radius 2 is 2.00 bits per heavy atom. The van der Waals surface area contributed by atoms with E-state index in [2.05, 4.69) is 51.2 Å². The summed E-state index contributed by atoms with van der Waals surface area (Å²) in [7, 11) is 0. The first-order valence-electron chi connectivity index (χ1n) is 7.50. The first-order valence-corrected chi connectivity index (χ1v) is 7.50. The van der Waals surface area contributed by atoms with Gasteiger partial charge in [-0.05, 0) is 56.2 Å². The van der Waals surface area contributed by atoms with Gasteiger partial charge in [0.2, 0.25) is 5.91 Å². The number of nitrogens with two attached hydrogens (primary N) is 1. The molecule has 3 heteroatoms. The van der Waals surface area contributed by atoms with Crippen molar-refractivity contribution in [3.63, 3.8) is 0 Å². The molecule has 1 saturated heterocycles. The summed E-state index contributed by atoms with van der Waals surface area (Å²) >= 11 is 0. The van der Waals surface area contributed by atoms with Gasteiger partial charge in [-0.1, -0.05) is 25.1 Å². The smallest absolute Gasteiger partial charge is 0.222 e. The minimum atomic E-state index is -0.175. The van der Waals surface area contributed by atoms with Crippen molar-refractivity contribution in [2.75, 3.05) is 0 Å². The molecule has 1 aliphatic rings. The van der Waals surface area contributed by atoms with E-state index in [4.69, 9.17) is 5.73 Å². The van der Waals surface area contributed by atoms with Crippen LogP contribution < -0.4 is 11.1 Å². The maximum absolute atomic E-state index is 11.8. The lowest BCUT2D eigenvalue weighted by atomic mass is 9.76. The summed E-state index contributed by atoms with van der Waals surface area (Å²) in [5.41, 5.74) is 9.50. The van der Waals surface area contributed by atoms with Crippen LogP contribution in [0.4, 0.5) is 0 Å². The molecular formula is C17H26N2O. The van der Waals surface area contributed by atoms with Gasteiger partial charge >= 0.3 is 0 Å². The molecule has 2 rings (SSSR count). The van der Waals surface area contributed by atoms with Crippen LogP contribution >= 0.6 is 0 Å². The Morgan fingerprint density at radius 1 is 1.30 bits per heavy atom. The van der Waals surface area contributed by atoms with Crippen LogP contribution in [0, 0.1) is 25.7 Å². The molecule has 3 N–H and O–H groups in total. The number of carbonyl (C=O) groups excluding carboxylic acids is 1. The fourth-order valence-corrected chi connectivity index (χ4v) is 3.49. The summed E-state index contributed by atoms with van der Waals surface area (Å²) in [5.74, 6) is 0.0961. The van der Waals surface area contributed by atoms with Crippen LogP contribution in [0.1, 0.15) is 37.0 Å². The highest BCUT2D eigenvalue weighted by molar-refractivity contribution is 5.78. The zero-order chi connectivity index (χ0) is 14.9. The Labute approximate surface area is 121 Å². The number of primary amides is 1. The standard InChI is InChI=1S/C17H26N2O/c1-10-5-6-14(8-11(10)2)9-15-16(17(18)20)12(3)7-13(4)19-15/h5-6,8,12-13,15-16,19H,7,9H2,1-4H3,(H2,18,20). The van der Waals surface area contributed by atoms with Crippen molar-refractivity contribution in [3.05, 3.63) is 34.9 Å². The Balaban J connectivity index is 2.19. The Hall–Kier alpha value is -1.35. The van der Waals surface area contributed by atoms with Crippen molar-refractivity contribution >= 4 is 5.91 Å². The summed E-state index contributed by atoms with van der Waals surface area (Å²) in [6.45, 7) is 8.57. The van der Waals surface area contributed by atoms with Crippen molar-refractivity contribution in [1.82, 2.24) is 5.32 Å². The predicted molar refractivity (Wildman–Crippen MR) is 82.5 cm³/mol. The van der Waals surface area contributed by atoms with Crippen molar-refractivity contribution in [2.24, 2.45) is 17.6 Å². The van der Waals surface area contributed by atoms with E-state index in [0.717, 1.165) is 12.8 Å². The van der Waals surface area contributed by atoms with Gasteiger partial charge in [0, 0.05) is 12.1 Å². The summed E-state index contributed by atoms with van der Waals surface area (Å²) in [5, 5.41) is 3.56. The first-order chi connectivity index (χ1) is 9.38. The molecule has 110 valence electrons. The van der Waals surface area contributed by atoms with E-state index in [-0.39, 0.29) is 17.9 Å². The highest BCUT2D eigenvalue weighted by Crippen LogP contribution is 2.28. The van der Waals surface area contributed by atoms with Gasteiger partial charge < -0.3 is 11.1 Å². The quantitative estimate of drug-likeness (QED) is 0.889. The largest absolute Gasteiger partial charge is 0.369 e. The van der Waals surface area contributed by atoms with Crippen LogP contribution in [0.25, 0.3) is 0 Å². The molecule has 1 fully saturated rings. The zero-order valence-electron chi connectivity index (χ0n) is 12.9. The van der Waals surface area contributed by atoms with Gasteiger partial charge in [0.1, 0.15) is 0 Å². The van der Waals surface area contributed by atoms with Gasteiger partial charge in [-0.2, -0.15) is 0 Å². The number of rotatable bonds is 3. The fraction of sp³-hybridized carbons (Fsp3) is 0.588. The van der Waals surface area contributed by atoms with E-state index in [0.29, 0.717) is 12.0 Å². The van der Waals surface area contributed by atoms with Gasteiger partial charge in [-0.15, -0.1) is 0 Å². The van der Waals surface area contributed by atoms with Crippen molar-refractivity contribution in [2.45, 2.75) is 52.6 Å². The lowest BCUT2D eigenvalue weighted by Gasteiger charge is -2.39. The molecule has 20 heavy (non-hydrogen) atoms. The number of carbonyl (C=O) groups is 1. The second-order valence-electron chi connectivity index (χ2n) is 6.44. The third-order valence-electron chi connectivity index (χ3n) is 4.63. The lowest BCUT2D eigenvalue weighted by molar-refractivity contribution is -0.125. The van der Waals surface area contributed by atoms with Gasteiger partial charge in [0.15, 0.2) is 0 Å². The van der Waals surface area contributed by atoms with E-state index in [1.54, 1.807) is 0 Å². The number of hydrogen-bond donors (Lipinski definition) is 2. The predicted octanol–water partition coefficient (Wildman–Crippen LogP) is 2.33. The number of benzene rings is 1. The summed E-state index contributed by atoms with van der Waals surface area (Å²) < 4.78 is 0. The van der Waals surface area contributed by atoms with E-state index >= 15 is 0 Å². The average Bonchev–Trinajstić information content (AvgIpc) is 2.32. The summed E-state index contributed by atoms with van der Waals surface area (Å²) in [6, 6.07) is 7.12. The molecule has 4 unspecified atom stereocenters. The van der Waals surface area contributed by atoms with E-state index in [9.17, 15) is 4.79 Å². The molecule has 1 aliphatic heterocycles. The molecule has 0 radical (unpaired) electrons. The number of hydrogen-bond acceptors (Lipinski definition) is 2. The zero-order valence-corrected chi connectivity index (χ0v) is 12.9. The minimum absolute atomic E-state index is 0.0761. The first kappa shape index (κ1) is 15.0. The number of piperidine rings is 1. The van der Waals surface area contributed by atoms with Gasteiger partial charge in [0.25, 0.3) is 0 Å². The molecule has 0 aliphatic carbocycles. The Bertz CT molecular complexity index is 498. The topological polar surface area (TPSA) is 55.1 Å². The second-order valence-corrected chi connectivity index (χ2v) is 6.44. The molecule has 0 spiro atoms. The van der Waals surface area contributed by atoms with E-state index < -0.39 is 0 Å². The van der Waals surface area contributed by atoms with Crippen LogP contribution in [0.2, 0.25) is 0 Å². The van der Waals surface area contributed by atoms with Crippen LogP contribution in [-0.2, 0) is 11.2 Å². The maximum atomic E-state index is 11.8. The molecule has 0 saturated carbocycles. The maximum Gasteiger partial charge on any atom is 0.222 e. The van der Waals surface area contributed by atoms with E-state index in [1.165, 1.54) is 16.7 Å². The second kappa shape index (κ2) is 5.96. The van der Waals surface area contributed by atoms with Crippen LogP contribution in [0.5, 0.6) is 0 Å². The highest BCUT2D eigenvalue weighted by atomic mass is 16.1. The molecule has 1 amide bonds. The third kappa shape index (κ3) is 3.21. The fourth-order valence-electron chi connectivity index (χ4n) is 3.49. The van der Waals surface area contributed by atoms with Gasteiger partial charge in [0.05, 0.1) is 5.92 Å². The number of amides is 1. The third-order valence-corrected chi connectivity index (χ3v) is 4.63. The molecule has 0 bridgehead atoms. The van der Waals surface area contributed by atoms with E-state index in [1.807, 2.05) is 0 Å². The summed E-state index contributed by atoms with van der Waals surface area (Å²) in [4.78, 5) is 11.8. The Morgan fingerprint density at radius 3 is 2.60 bits per heavy atom. The molecule has 0 aromatic heterocycles. The SMILES string of the molecule is Cc1ccc(CC2NC(C)CC(C)C2C(N)=O)cc1C. The lowest BCUT2D eigenvalue weighted by Crippen LogP contribution is -2.55. The monoisotopic (exact) mass is 274 g/mol. The van der Waals surface area contributed by atoms with Crippen molar-refractivity contribution in [1.29, 1.82) is 0 Å². The molecule has 3 nitrogen and oxygen atoms in total. The Kier molecular flexibility index (Phi) is 4.48. The number of nitrogens with one attached hydrogen (secondary N) is 1. The minimum Gasteiger partial charge on any atom is -0.369 e. The molecule has 1 aromatic rings. The molecule has 4 atom stereocenters. The van der Waals surface area contributed by atoms with Crippen LogP contribution in [0.3, 0.4) is 0 Å². The normalized spacial score (nSPS) is 30.2. The molecule has 1 heterocycles. The average molecular weight is 274 g/mol. The van der Waals surface area contributed by atoms with Crippen molar-refractivity contribution < 1.29 is 4.79 Å². The van der Waals surface area contributed by atoms with Gasteiger partial charge in [-0.3, -0.25) is 4.79 Å². The van der Waals surface area contributed by atoms with Crippen LogP contribution in [-0.4, -0.2) is 18.0 Å².